The van der Waals surface area contributed by atoms with Crippen molar-refractivity contribution >= 4 is 23.5 Å². The quantitative estimate of drug-likeness (QED) is 0.877. The highest BCUT2D eigenvalue weighted by atomic mass is 35.5. The summed E-state index contributed by atoms with van der Waals surface area (Å²) in [7, 11) is 0. The fraction of sp³-hybridized carbons (Fsp3) is 0.333. The normalized spacial score (nSPS) is 12.8. The molecule has 20 heavy (non-hydrogen) atoms. The molecule has 0 saturated heterocycles. The second-order valence-corrected chi connectivity index (χ2v) is 4.45. The summed E-state index contributed by atoms with van der Waals surface area (Å²) in [6.07, 6.45) is -6.60. The number of carbonyl (C=O) groups is 2. The van der Waals surface area contributed by atoms with Gasteiger partial charge < -0.3 is 10.4 Å². The molecule has 1 unspecified atom stereocenters. The maximum atomic E-state index is 12.2. The summed E-state index contributed by atoms with van der Waals surface area (Å²) in [5.41, 5.74) is 0.405. The summed E-state index contributed by atoms with van der Waals surface area (Å²) in [6, 6.07) is 4.28. The van der Waals surface area contributed by atoms with Crippen molar-refractivity contribution in [3.8, 4) is 0 Å². The van der Waals surface area contributed by atoms with Crippen LogP contribution in [0.3, 0.4) is 0 Å². The molecule has 0 spiro atoms. The zero-order chi connectivity index (χ0) is 15.3. The lowest BCUT2D eigenvalue weighted by atomic mass is 10.1. The molecule has 0 heterocycles. The fourth-order valence-electron chi connectivity index (χ4n) is 1.49. The highest BCUT2D eigenvalue weighted by Crippen LogP contribution is 2.22. The van der Waals surface area contributed by atoms with Gasteiger partial charge in [-0.1, -0.05) is 29.8 Å². The average Bonchev–Trinajstić information content (AvgIpc) is 2.29. The van der Waals surface area contributed by atoms with Crippen LogP contribution < -0.4 is 5.32 Å². The number of nitrogens with one attached hydrogen (secondary N) is 1. The van der Waals surface area contributed by atoms with Crippen LogP contribution in [0.25, 0.3) is 0 Å². The molecule has 1 rings (SSSR count). The van der Waals surface area contributed by atoms with Gasteiger partial charge >= 0.3 is 12.1 Å². The van der Waals surface area contributed by atoms with E-state index in [0.29, 0.717) is 5.56 Å². The first-order chi connectivity index (χ1) is 9.19. The minimum atomic E-state index is -4.68. The third-order valence-electron chi connectivity index (χ3n) is 2.38. The molecule has 0 aliphatic heterocycles. The Morgan fingerprint density at radius 3 is 2.40 bits per heavy atom. The average molecular weight is 310 g/mol. The Hall–Kier alpha value is -1.76. The molecular formula is C12H11ClF3NO3. The first kappa shape index (κ1) is 16.3. The Morgan fingerprint density at radius 2 is 1.90 bits per heavy atom. The van der Waals surface area contributed by atoms with E-state index in [1.165, 1.54) is 12.1 Å². The van der Waals surface area contributed by atoms with E-state index in [1.807, 2.05) is 5.32 Å². The first-order valence-corrected chi connectivity index (χ1v) is 5.89. The number of amides is 1. The second kappa shape index (κ2) is 6.60. The Bertz CT molecular complexity index is 505. The molecule has 2 N–H and O–H groups in total. The number of carboxylic acids is 1. The first-order valence-electron chi connectivity index (χ1n) is 5.51. The van der Waals surface area contributed by atoms with Crippen molar-refractivity contribution in [2.24, 2.45) is 0 Å². The van der Waals surface area contributed by atoms with Crippen molar-refractivity contribution in [2.75, 3.05) is 0 Å². The molecule has 1 atom stereocenters. The van der Waals surface area contributed by atoms with Gasteiger partial charge in [-0.2, -0.15) is 13.2 Å². The zero-order valence-electron chi connectivity index (χ0n) is 10.1. The lowest BCUT2D eigenvalue weighted by Gasteiger charge is -2.16. The standard InChI is InChI=1S/C12H11ClF3NO3/c13-8-4-2-1-3-7(8)5-10(18)17-9(11(19)20)6-12(14,15)16/h1-4,9H,5-6H2,(H,17,18)(H,19,20). The predicted molar refractivity (Wildman–Crippen MR) is 65.4 cm³/mol. The molecule has 0 aliphatic carbocycles. The molecule has 0 bridgehead atoms. The van der Waals surface area contributed by atoms with Crippen LogP contribution in [0.5, 0.6) is 0 Å². The van der Waals surface area contributed by atoms with Crippen molar-refractivity contribution in [1.29, 1.82) is 0 Å². The summed E-state index contributed by atoms with van der Waals surface area (Å²) in [4.78, 5) is 22.3. The van der Waals surface area contributed by atoms with E-state index in [0.717, 1.165) is 0 Å². The number of hydrogen-bond acceptors (Lipinski definition) is 2. The summed E-state index contributed by atoms with van der Waals surface area (Å²) in [6.45, 7) is 0. The van der Waals surface area contributed by atoms with E-state index in [1.54, 1.807) is 12.1 Å². The summed E-state index contributed by atoms with van der Waals surface area (Å²) in [5, 5.41) is 10.8. The summed E-state index contributed by atoms with van der Waals surface area (Å²) >= 11 is 5.80. The highest BCUT2D eigenvalue weighted by Gasteiger charge is 2.36. The van der Waals surface area contributed by atoms with Crippen molar-refractivity contribution in [1.82, 2.24) is 5.32 Å². The zero-order valence-corrected chi connectivity index (χ0v) is 10.8. The fourth-order valence-corrected chi connectivity index (χ4v) is 1.69. The van der Waals surface area contributed by atoms with E-state index >= 15 is 0 Å². The number of carbonyl (C=O) groups excluding carboxylic acids is 1. The third-order valence-corrected chi connectivity index (χ3v) is 2.75. The SMILES string of the molecule is O=C(Cc1ccccc1Cl)NC(CC(F)(F)F)C(=O)O. The van der Waals surface area contributed by atoms with Crippen LogP contribution in [0.2, 0.25) is 5.02 Å². The van der Waals surface area contributed by atoms with Gasteiger partial charge in [0.1, 0.15) is 6.04 Å². The predicted octanol–water partition coefficient (Wildman–Crippen LogP) is 2.40. The maximum Gasteiger partial charge on any atom is 0.391 e. The molecular weight excluding hydrogens is 299 g/mol. The summed E-state index contributed by atoms with van der Waals surface area (Å²) in [5.74, 6) is -2.58. The smallest absolute Gasteiger partial charge is 0.391 e. The molecule has 8 heteroatoms. The molecule has 1 aromatic carbocycles. The van der Waals surface area contributed by atoms with Crippen molar-refractivity contribution in [3.05, 3.63) is 34.9 Å². The van der Waals surface area contributed by atoms with Gasteiger partial charge in [-0.05, 0) is 11.6 Å². The minimum absolute atomic E-state index is 0.283. The highest BCUT2D eigenvalue weighted by molar-refractivity contribution is 6.31. The number of halogens is 4. The second-order valence-electron chi connectivity index (χ2n) is 4.05. The van der Waals surface area contributed by atoms with Crippen molar-refractivity contribution in [2.45, 2.75) is 25.1 Å². The van der Waals surface area contributed by atoms with Crippen LogP contribution in [-0.4, -0.2) is 29.2 Å². The Morgan fingerprint density at radius 1 is 1.30 bits per heavy atom. The van der Waals surface area contributed by atoms with Crippen LogP contribution in [-0.2, 0) is 16.0 Å². The molecule has 0 saturated carbocycles. The van der Waals surface area contributed by atoms with Crippen LogP contribution in [0.4, 0.5) is 13.2 Å². The summed E-state index contributed by atoms with van der Waals surface area (Å²) < 4.78 is 36.5. The molecule has 0 aliphatic rings. The molecule has 1 aromatic rings. The van der Waals surface area contributed by atoms with Crippen molar-refractivity contribution < 1.29 is 27.9 Å². The number of aliphatic carboxylic acids is 1. The van der Waals surface area contributed by atoms with Crippen LogP contribution >= 0.6 is 11.6 Å². The van der Waals surface area contributed by atoms with Gasteiger partial charge in [0, 0.05) is 5.02 Å². The van der Waals surface area contributed by atoms with Gasteiger partial charge in [-0.15, -0.1) is 0 Å². The van der Waals surface area contributed by atoms with E-state index in [2.05, 4.69) is 0 Å². The molecule has 110 valence electrons. The van der Waals surface area contributed by atoms with Crippen LogP contribution in [0, 0.1) is 0 Å². The van der Waals surface area contributed by atoms with Gasteiger partial charge in [0.05, 0.1) is 12.8 Å². The van der Waals surface area contributed by atoms with Crippen molar-refractivity contribution in [3.63, 3.8) is 0 Å². The Kier molecular flexibility index (Phi) is 5.38. The Labute approximate surface area is 117 Å². The number of alkyl halides is 3. The monoisotopic (exact) mass is 309 g/mol. The van der Waals surface area contributed by atoms with Crippen LogP contribution in [0.15, 0.2) is 24.3 Å². The maximum absolute atomic E-state index is 12.2. The molecule has 0 radical (unpaired) electrons. The van der Waals surface area contributed by atoms with Gasteiger partial charge in [-0.3, -0.25) is 4.79 Å². The van der Waals surface area contributed by atoms with E-state index in [-0.39, 0.29) is 11.4 Å². The van der Waals surface area contributed by atoms with Gasteiger partial charge in [0.2, 0.25) is 5.91 Å². The number of hydrogen-bond donors (Lipinski definition) is 2. The lowest BCUT2D eigenvalue weighted by Crippen LogP contribution is -2.44. The number of carboxylic acid groups (broad SMARTS) is 1. The third kappa shape index (κ3) is 5.48. The Balaban J connectivity index is 2.68. The molecule has 1 amide bonds. The van der Waals surface area contributed by atoms with E-state index < -0.39 is 30.5 Å². The van der Waals surface area contributed by atoms with Gasteiger partial charge in [0.25, 0.3) is 0 Å². The molecule has 0 aromatic heterocycles. The molecule has 4 nitrogen and oxygen atoms in total. The van der Waals surface area contributed by atoms with Gasteiger partial charge in [-0.25, -0.2) is 4.79 Å². The topological polar surface area (TPSA) is 66.4 Å². The van der Waals surface area contributed by atoms with E-state index in [9.17, 15) is 22.8 Å². The number of rotatable bonds is 5. The number of benzene rings is 1. The molecule has 0 fully saturated rings. The lowest BCUT2D eigenvalue weighted by molar-refractivity contribution is -0.159. The van der Waals surface area contributed by atoms with Gasteiger partial charge in [0.15, 0.2) is 0 Å². The minimum Gasteiger partial charge on any atom is -0.480 e. The van der Waals surface area contributed by atoms with E-state index in [4.69, 9.17) is 16.7 Å². The largest absolute Gasteiger partial charge is 0.480 e. The van der Waals surface area contributed by atoms with Crippen LogP contribution in [0.1, 0.15) is 12.0 Å².